The average molecular weight is 271 g/mol. The molecule has 0 saturated carbocycles. The quantitative estimate of drug-likeness (QED) is 0.908. The van der Waals surface area contributed by atoms with Gasteiger partial charge >= 0.3 is 0 Å². The van der Waals surface area contributed by atoms with Crippen molar-refractivity contribution in [3.8, 4) is 11.5 Å². The molecule has 0 saturated heterocycles. The predicted octanol–water partition coefficient (Wildman–Crippen LogP) is 3.23. The summed E-state index contributed by atoms with van der Waals surface area (Å²) in [5.74, 6) is 1.50. The number of rotatable bonds is 5. The van der Waals surface area contributed by atoms with Crippen molar-refractivity contribution >= 4 is 11.6 Å². The summed E-state index contributed by atoms with van der Waals surface area (Å²) in [5.41, 5.74) is 1.83. The molecule has 0 radical (unpaired) electrons. The number of benzene rings is 2. The SMILES string of the molecule is COc1ccc(COc2ccc(NC(C)=O)cc2)cc1. The van der Waals surface area contributed by atoms with Crippen LogP contribution < -0.4 is 14.8 Å². The van der Waals surface area contributed by atoms with E-state index in [2.05, 4.69) is 5.32 Å². The minimum atomic E-state index is -0.0862. The first-order valence-electron chi connectivity index (χ1n) is 6.31. The van der Waals surface area contributed by atoms with Crippen LogP contribution in [0.15, 0.2) is 48.5 Å². The molecule has 0 bridgehead atoms. The zero-order valence-corrected chi connectivity index (χ0v) is 11.6. The fourth-order valence-corrected chi connectivity index (χ4v) is 1.73. The molecule has 2 aromatic rings. The highest BCUT2D eigenvalue weighted by Gasteiger charge is 1.99. The number of carbonyl (C=O) groups excluding carboxylic acids is 1. The normalized spacial score (nSPS) is 9.90. The van der Waals surface area contributed by atoms with Gasteiger partial charge in [-0.05, 0) is 42.0 Å². The first-order valence-corrected chi connectivity index (χ1v) is 6.31. The summed E-state index contributed by atoms with van der Waals surface area (Å²) in [6, 6.07) is 15.0. The van der Waals surface area contributed by atoms with Crippen molar-refractivity contribution in [2.75, 3.05) is 12.4 Å². The molecule has 0 fully saturated rings. The molecular formula is C16H17NO3. The first kappa shape index (κ1) is 13.9. The molecule has 0 atom stereocenters. The minimum absolute atomic E-state index is 0.0862. The van der Waals surface area contributed by atoms with Gasteiger partial charge in [0.1, 0.15) is 18.1 Å². The topological polar surface area (TPSA) is 47.6 Å². The van der Waals surface area contributed by atoms with E-state index in [-0.39, 0.29) is 5.91 Å². The van der Waals surface area contributed by atoms with Crippen LogP contribution in [0.2, 0.25) is 0 Å². The molecule has 0 aromatic heterocycles. The second kappa shape index (κ2) is 6.61. The lowest BCUT2D eigenvalue weighted by molar-refractivity contribution is -0.114. The van der Waals surface area contributed by atoms with E-state index in [1.54, 1.807) is 7.11 Å². The summed E-state index contributed by atoms with van der Waals surface area (Å²) in [4.78, 5) is 10.9. The van der Waals surface area contributed by atoms with Crippen LogP contribution in [0, 0.1) is 0 Å². The van der Waals surface area contributed by atoms with Crippen LogP contribution >= 0.6 is 0 Å². The van der Waals surface area contributed by atoms with Crippen LogP contribution in [0.5, 0.6) is 11.5 Å². The van der Waals surface area contributed by atoms with Crippen molar-refractivity contribution in [1.82, 2.24) is 0 Å². The number of hydrogen-bond acceptors (Lipinski definition) is 3. The number of amides is 1. The van der Waals surface area contributed by atoms with Gasteiger partial charge in [-0.15, -0.1) is 0 Å². The monoisotopic (exact) mass is 271 g/mol. The minimum Gasteiger partial charge on any atom is -0.497 e. The highest BCUT2D eigenvalue weighted by atomic mass is 16.5. The Morgan fingerprint density at radius 2 is 1.60 bits per heavy atom. The maximum Gasteiger partial charge on any atom is 0.221 e. The number of ether oxygens (including phenoxy) is 2. The van der Waals surface area contributed by atoms with Crippen LogP contribution in [-0.2, 0) is 11.4 Å². The summed E-state index contributed by atoms with van der Waals surface area (Å²) >= 11 is 0. The maximum absolute atomic E-state index is 10.9. The fraction of sp³-hybridized carbons (Fsp3) is 0.188. The number of methoxy groups -OCH3 is 1. The molecule has 1 amide bonds. The Hall–Kier alpha value is -2.49. The van der Waals surface area contributed by atoms with E-state index >= 15 is 0 Å². The van der Waals surface area contributed by atoms with Gasteiger partial charge in [0.15, 0.2) is 0 Å². The lowest BCUT2D eigenvalue weighted by atomic mass is 10.2. The van der Waals surface area contributed by atoms with Gasteiger partial charge in [-0.25, -0.2) is 0 Å². The zero-order chi connectivity index (χ0) is 14.4. The van der Waals surface area contributed by atoms with Gasteiger partial charge in [0.05, 0.1) is 7.11 Å². The molecule has 4 heteroatoms. The van der Waals surface area contributed by atoms with E-state index in [1.807, 2.05) is 48.5 Å². The molecule has 0 spiro atoms. The molecule has 2 aromatic carbocycles. The second-order valence-electron chi connectivity index (χ2n) is 4.34. The Balaban J connectivity index is 1.91. The Labute approximate surface area is 118 Å². The van der Waals surface area contributed by atoms with E-state index in [0.717, 1.165) is 22.7 Å². The number of carbonyl (C=O) groups is 1. The van der Waals surface area contributed by atoms with Crippen molar-refractivity contribution in [2.24, 2.45) is 0 Å². The van der Waals surface area contributed by atoms with Crippen molar-refractivity contribution in [3.63, 3.8) is 0 Å². The molecule has 4 nitrogen and oxygen atoms in total. The molecule has 2 rings (SSSR count). The highest BCUT2D eigenvalue weighted by Crippen LogP contribution is 2.18. The number of nitrogens with one attached hydrogen (secondary N) is 1. The molecule has 1 N–H and O–H groups in total. The molecule has 0 aliphatic rings. The molecule has 0 aliphatic carbocycles. The highest BCUT2D eigenvalue weighted by molar-refractivity contribution is 5.88. The summed E-state index contributed by atoms with van der Waals surface area (Å²) in [7, 11) is 1.64. The van der Waals surface area contributed by atoms with Gasteiger partial charge in [0.25, 0.3) is 0 Å². The molecular weight excluding hydrogens is 254 g/mol. The summed E-state index contributed by atoms with van der Waals surface area (Å²) in [6.45, 7) is 1.97. The van der Waals surface area contributed by atoms with Gasteiger partial charge in [0, 0.05) is 12.6 Å². The van der Waals surface area contributed by atoms with Crippen molar-refractivity contribution in [2.45, 2.75) is 13.5 Å². The first-order chi connectivity index (χ1) is 9.67. The second-order valence-corrected chi connectivity index (χ2v) is 4.34. The molecule has 0 aliphatic heterocycles. The largest absolute Gasteiger partial charge is 0.497 e. The van der Waals surface area contributed by atoms with Crippen molar-refractivity contribution in [3.05, 3.63) is 54.1 Å². The third-order valence-corrected chi connectivity index (χ3v) is 2.74. The van der Waals surface area contributed by atoms with Gasteiger partial charge in [-0.2, -0.15) is 0 Å². The third kappa shape index (κ3) is 4.02. The molecule has 0 heterocycles. The van der Waals surface area contributed by atoms with E-state index < -0.39 is 0 Å². The lowest BCUT2D eigenvalue weighted by Crippen LogP contribution is -2.05. The zero-order valence-electron chi connectivity index (χ0n) is 11.6. The van der Waals surface area contributed by atoms with Gasteiger partial charge in [-0.1, -0.05) is 12.1 Å². The van der Waals surface area contributed by atoms with E-state index in [0.29, 0.717) is 6.61 Å². The predicted molar refractivity (Wildman–Crippen MR) is 78.1 cm³/mol. The van der Waals surface area contributed by atoms with Crippen LogP contribution in [-0.4, -0.2) is 13.0 Å². The van der Waals surface area contributed by atoms with Crippen LogP contribution in [0.4, 0.5) is 5.69 Å². The Kier molecular flexibility index (Phi) is 4.60. The van der Waals surface area contributed by atoms with E-state index in [4.69, 9.17) is 9.47 Å². The van der Waals surface area contributed by atoms with Gasteiger partial charge in [-0.3, -0.25) is 4.79 Å². The van der Waals surface area contributed by atoms with Gasteiger partial charge in [0.2, 0.25) is 5.91 Å². The Morgan fingerprint density at radius 3 is 2.15 bits per heavy atom. The van der Waals surface area contributed by atoms with Crippen LogP contribution in [0.25, 0.3) is 0 Å². The lowest BCUT2D eigenvalue weighted by Gasteiger charge is -2.08. The third-order valence-electron chi connectivity index (χ3n) is 2.74. The molecule has 20 heavy (non-hydrogen) atoms. The van der Waals surface area contributed by atoms with E-state index in [9.17, 15) is 4.79 Å². The molecule has 104 valence electrons. The van der Waals surface area contributed by atoms with Crippen LogP contribution in [0.3, 0.4) is 0 Å². The fourth-order valence-electron chi connectivity index (χ4n) is 1.73. The summed E-state index contributed by atoms with van der Waals surface area (Å²) < 4.78 is 10.8. The molecule has 0 unspecified atom stereocenters. The Morgan fingerprint density at radius 1 is 1.00 bits per heavy atom. The summed E-state index contributed by atoms with van der Waals surface area (Å²) in [6.07, 6.45) is 0. The van der Waals surface area contributed by atoms with Crippen molar-refractivity contribution in [1.29, 1.82) is 0 Å². The maximum atomic E-state index is 10.9. The Bertz CT molecular complexity index is 561. The number of anilines is 1. The summed E-state index contributed by atoms with van der Waals surface area (Å²) in [5, 5.41) is 2.71. The van der Waals surface area contributed by atoms with Gasteiger partial charge < -0.3 is 14.8 Å². The van der Waals surface area contributed by atoms with Crippen molar-refractivity contribution < 1.29 is 14.3 Å². The number of hydrogen-bond donors (Lipinski definition) is 1. The average Bonchev–Trinajstić information content (AvgIpc) is 2.46. The van der Waals surface area contributed by atoms with Crippen LogP contribution in [0.1, 0.15) is 12.5 Å². The standard InChI is InChI=1S/C16H17NO3/c1-12(18)17-14-5-9-16(10-6-14)20-11-13-3-7-15(19-2)8-4-13/h3-10H,11H2,1-2H3,(H,17,18). The smallest absolute Gasteiger partial charge is 0.221 e. The van der Waals surface area contributed by atoms with E-state index in [1.165, 1.54) is 6.92 Å².